The number of rotatable bonds is 5. The molecule has 3 heteroatoms. The molecule has 1 aliphatic carbocycles. The van der Waals surface area contributed by atoms with Gasteiger partial charge in [-0.2, -0.15) is 0 Å². The first-order valence-electron chi connectivity index (χ1n) is 8.35. The second-order valence-corrected chi connectivity index (χ2v) is 6.71. The van der Waals surface area contributed by atoms with Gasteiger partial charge in [-0.1, -0.05) is 35.9 Å². The quantitative estimate of drug-likeness (QED) is 0.685. The van der Waals surface area contributed by atoms with Gasteiger partial charge in [0.2, 0.25) is 0 Å². The van der Waals surface area contributed by atoms with E-state index in [9.17, 15) is 0 Å². The zero-order chi connectivity index (χ0) is 16.9. The summed E-state index contributed by atoms with van der Waals surface area (Å²) in [6.45, 7) is 0. The number of allylic oxidation sites excluding steroid dienone is 2. The molecule has 0 aliphatic heterocycles. The fourth-order valence-electron chi connectivity index (χ4n) is 3.40. The maximum absolute atomic E-state index is 6.00. The molecule has 1 unspecified atom stereocenters. The molecule has 2 aromatic rings. The summed E-state index contributed by atoms with van der Waals surface area (Å²) in [7, 11) is 3.35. The van der Waals surface area contributed by atoms with Crippen LogP contribution in [-0.2, 0) is 6.42 Å². The van der Waals surface area contributed by atoms with Gasteiger partial charge in [0.15, 0.2) is 11.5 Å². The number of ether oxygens (including phenoxy) is 2. The lowest BCUT2D eigenvalue weighted by molar-refractivity contribution is 0.354. The van der Waals surface area contributed by atoms with Gasteiger partial charge < -0.3 is 9.47 Å². The zero-order valence-corrected chi connectivity index (χ0v) is 15.0. The van der Waals surface area contributed by atoms with Crippen LogP contribution >= 0.6 is 11.6 Å². The van der Waals surface area contributed by atoms with Crippen LogP contribution in [0, 0.1) is 5.92 Å². The molecule has 2 aromatic carbocycles. The fraction of sp³-hybridized carbons (Fsp3) is 0.333. The highest BCUT2D eigenvalue weighted by Gasteiger charge is 2.18. The molecule has 0 radical (unpaired) electrons. The van der Waals surface area contributed by atoms with Gasteiger partial charge in [-0.15, -0.1) is 0 Å². The van der Waals surface area contributed by atoms with Gasteiger partial charge >= 0.3 is 0 Å². The Kier molecular flexibility index (Phi) is 5.47. The molecule has 2 nitrogen and oxygen atoms in total. The van der Waals surface area contributed by atoms with E-state index in [1.54, 1.807) is 14.2 Å². The Balaban J connectivity index is 1.70. The summed E-state index contributed by atoms with van der Waals surface area (Å²) in [6.07, 6.45) is 6.90. The van der Waals surface area contributed by atoms with Crippen LogP contribution in [0.15, 0.2) is 48.5 Å². The molecule has 0 heterocycles. The molecule has 0 fully saturated rings. The van der Waals surface area contributed by atoms with E-state index in [-0.39, 0.29) is 0 Å². The zero-order valence-electron chi connectivity index (χ0n) is 14.2. The third-order valence-electron chi connectivity index (χ3n) is 4.66. The minimum atomic E-state index is 0.652. The molecule has 0 saturated heterocycles. The molecule has 0 N–H and O–H groups in total. The largest absolute Gasteiger partial charge is 0.493 e. The van der Waals surface area contributed by atoms with Crippen LogP contribution in [0.3, 0.4) is 0 Å². The molecule has 3 rings (SSSR count). The highest BCUT2D eigenvalue weighted by molar-refractivity contribution is 6.30. The van der Waals surface area contributed by atoms with Crippen molar-refractivity contribution in [2.24, 2.45) is 5.92 Å². The average Bonchev–Trinajstić information content (AvgIpc) is 2.62. The van der Waals surface area contributed by atoms with Crippen LogP contribution in [0.5, 0.6) is 11.5 Å². The Labute approximate surface area is 149 Å². The van der Waals surface area contributed by atoms with E-state index < -0.39 is 0 Å². The lowest BCUT2D eigenvalue weighted by Crippen LogP contribution is -2.09. The predicted octanol–water partition coefficient (Wildman–Crippen LogP) is 5.78. The molecular weight excluding hydrogens is 320 g/mol. The molecule has 1 atom stereocenters. The molecule has 24 heavy (non-hydrogen) atoms. The van der Waals surface area contributed by atoms with Crippen LogP contribution in [0.1, 0.15) is 30.4 Å². The Hall–Kier alpha value is -1.93. The number of benzene rings is 2. The monoisotopic (exact) mass is 342 g/mol. The Bertz CT molecular complexity index is 719. The first kappa shape index (κ1) is 16.9. The molecule has 1 aliphatic rings. The normalized spacial score (nSPS) is 17.3. The minimum Gasteiger partial charge on any atom is -0.493 e. The summed E-state index contributed by atoms with van der Waals surface area (Å²) in [5, 5.41) is 0.789. The van der Waals surface area contributed by atoms with Crippen LogP contribution in [-0.4, -0.2) is 14.2 Å². The van der Waals surface area contributed by atoms with Crippen molar-refractivity contribution in [1.82, 2.24) is 0 Å². The summed E-state index contributed by atoms with van der Waals surface area (Å²) >= 11 is 6.00. The van der Waals surface area contributed by atoms with E-state index in [1.807, 2.05) is 18.2 Å². The lowest BCUT2D eigenvalue weighted by Gasteiger charge is -2.23. The number of halogens is 1. The lowest BCUT2D eigenvalue weighted by atomic mass is 9.82. The summed E-state index contributed by atoms with van der Waals surface area (Å²) in [5.41, 5.74) is 4.02. The van der Waals surface area contributed by atoms with Crippen LogP contribution < -0.4 is 9.47 Å². The van der Waals surface area contributed by atoms with Gasteiger partial charge in [0.25, 0.3) is 0 Å². The molecule has 0 aromatic heterocycles. The van der Waals surface area contributed by atoms with Gasteiger partial charge in [0.05, 0.1) is 14.2 Å². The highest BCUT2D eigenvalue weighted by atomic mass is 35.5. The van der Waals surface area contributed by atoms with Crippen molar-refractivity contribution in [2.45, 2.75) is 25.7 Å². The molecule has 0 amide bonds. The van der Waals surface area contributed by atoms with Gasteiger partial charge in [-0.25, -0.2) is 0 Å². The number of hydrogen-bond acceptors (Lipinski definition) is 2. The molecule has 126 valence electrons. The molecular formula is C21H23ClO2. The molecule has 0 saturated carbocycles. The van der Waals surface area contributed by atoms with Crippen molar-refractivity contribution in [2.75, 3.05) is 14.2 Å². The summed E-state index contributed by atoms with van der Waals surface area (Å²) in [4.78, 5) is 0. The van der Waals surface area contributed by atoms with E-state index in [0.717, 1.165) is 35.8 Å². The SMILES string of the molecule is COc1ccc(CC2CCC=C(c3ccc(Cl)cc3)C2)cc1OC. The topological polar surface area (TPSA) is 18.5 Å². The van der Waals surface area contributed by atoms with Gasteiger partial charge in [0.1, 0.15) is 0 Å². The van der Waals surface area contributed by atoms with E-state index in [0.29, 0.717) is 5.92 Å². The average molecular weight is 343 g/mol. The van der Waals surface area contributed by atoms with Crippen LogP contribution in [0.2, 0.25) is 5.02 Å². The van der Waals surface area contributed by atoms with E-state index in [2.05, 4.69) is 30.3 Å². The van der Waals surface area contributed by atoms with E-state index in [4.69, 9.17) is 21.1 Å². The Morgan fingerprint density at radius 2 is 1.75 bits per heavy atom. The van der Waals surface area contributed by atoms with Gasteiger partial charge in [-0.05, 0) is 72.6 Å². The van der Waals surface area contributed by atoms with Crippen LogP contribution in [0.25, 0.3) is 5.57 Å². The highest BCUT2D eigenvalue weighted by Crippen LogP contribution is 2.35. The fourth-order valence-corrected chi connectivity index (χ4v) is 3.53. The predicted molar refractivity (Wildman–Crippen MR) is 100 cm³/mol. The van der Waals surface area contributed by atoms with E-state index >= 15 is 0 Å². The summed E-state index contributed by atoms with van der Waals surface area (Å²) in [6, 6.07) is 14.4. The maximum atomic E-state index is 6.00. The molecule has 0 spiro atoms. The standard InChI is InChI=1S/C21H23ClO2/c1-23-20-11-6-16(14-21(20)24-2)12-15-4-3-5-18(13-15)17-7-9-19(22)10-8-17/h5-11,14-15H,3-4,12-13H2,1-2H3. The summed E-state index contributed by atoms with van der Waals surface area (Å²) in [5.74, 6) is 2.24. The number of methoxy groups -OCH3 is 2. The first-order chi connectivity index (χ1) is 11.7. The van der Waals surface area contributed by atoms with Gasteiger partial charge in [-0.3, -0.25) is 0 Å². The van der Waals surface area contributed by atoms with E-state index in [1.165, 1.54) is 23.1 Å². The minimum absolute atomic E-state index is 0.652. The van der Waals surface area contributed by atoms with Gasteiger partial charge in [0, 0.05) is 5.02 Å². The smallest absolute Gasteiger partial charge is 0.160 e. The summed E-state index contributed by atoms with van der Waals surface area (Å²) < 4.78 is 10.7. The van der Waals surface area contributed by atoms with Crippen molar-refractivity contribution in [1.29, 1.82) is 0 Å². The van der Waals surface area contributed by atoms with Crippen molar-refractivity contribution in [3.8, 4) is 11.5 Å². The van der Waals surface area contributed by atoms with Crippen LogP contribution in [0.4, 0.5) is 0 Å². The third-order valence-corrected chi connectivity index (χ3v) is 4.91. The van der Waals surface area contributed by atoms with Crippen molar-refractivity contribution in [3.63, 3.8) is 0 Å². The Morgan fingerprint density at radius 1 is 1.00 bits per heavy atom. The number of hydrogen-bond donors (Lipinski definition) is 0. The third kappa shape index (κ3) is 3.93. The maximum Gasteiger partial charge on any atom is 0.160 e. The van der Waals surface area contributed by atoms with Crippen molar-refractivity contribution < 1.29 is 9.47 Å². The second kappa shape index (κ2) is 7.76. The second-order valence-electron chi connectivity index (χ2n) is 6.28. The van der Waals surface area contributed by atoms with Crippen molar-refractivity contribution >= 4 is 17.2 Å². The Morgan fingerprint density at radius 3 is 2.46 bits per heavy atom. The van der Waals surface area contributed by atoms with Crippen molar-refractivity contribution in [3.05, 3.63) is 64.7 Å². The molecule has 0 bridgehead atoms. The first-order valence-corrected chi connectivity index (χ1v) is 8.73.